The molecule has 0 saturated heterocycles. The summed E-state index contributed by atoms with van der Waals surface area (Å²) in [6.07, 6.45) is 6.47. The van der Waals surface area contributed by atoms with Crippen LogP contribution in [0.4, 0.5) is 5.82 Å². The minimum Gasteiger partial charge on any atom is -0.359 e. The quantitative estimate of drug-likeness (QED) is 0.555. The number of anilines is 1. The van der Waals surface area contributed by atoms with Crippen molar-refractivity contribution in [2.75, 3.05) is 11.9 Å². The van der Waals surface area contributed by atoms with Gasteiger partial charge in [-0.25, -0.2) is 9.97 Å². The lowest BCUT2D eigenvalue weighted by molar-refractivity contribution is 1.11. The van der Waals surface area contributed by atoms with E-state index < -0.39 is 0 Å². The van der Waals surface area contributed by atoms with Gasteiger partial charge >= 0.3 is 0 Å². The summed E-state index contributed by atoms with van der Waals surface area (Å²) in [4.78, 5) is 7.78. The summed E-state index contributed by atoms with van der Waals surface area (Å²) in [6.45, 7) is 2.27. The van der Waals surface area contributed by atoms with Gasteiger partial charge in [0.15, 0.2) is 0 Å². The Labute approximate surface area is 76.2 Å². The Hall–Kier alpha value is -1.27. The van der Waals surface area contributed by atoms with Crippen molar-refractivity contribution in [1.82, 2.24) is 9.97 Å². The van der Waals surface area contributed by atoms with E-state index in [1.54, 1.807) is 0 Å². The lowest BCUT2D eigenvalue weighted by Gasteiger charge is -2.04. The predicted molar refractivity (Wildman–Crippen MR) is 49.1 cm³/mol. The zero-order valence-electron chi connectivity index (χ0n) is 6.63. The van der Waals surface area contributed by atoms with E-state index in [0.717, 1.165) is 5.56 Å². The number of hydrogen-bond acceptors (Lipinski definition) is 3. The second-order valence-corrected chi connectivity index (χ2v) is 2.55. The Morgan fingerprint density at radius 2 is 2.42 bits per heavy atom. The highest BCUT2D eigenvalue weighted by Crippen LogP contribution is 2.16. The first kappa shape index (κ1) is 8.82. The third kappa shape index (κ3) is 1.86. The topological polar surface area (TPSA) is 37.8 Å². The second kappa shape index (κ2) is 3.93. The largest absolute Gasteiger partial charge is 0.359 e. The van der Waals surface area contributed by atoms with E-state index in [9.17, 15) is 0 Å². The summed E-state index contributed by atoms with van der Waals surface area (Å²) in [5.41, 5.74) is 0.814. The molecule has 1 aromatic heterocycles. The van der Waals surface area contributed by atoms with Gasteiger partial charge in [-0.05, 0) is 6.92 Å². The van der Waals surface area contributed by atoms with Gasteiger partial charge in [-0.3, -0.25) is 0 Å². The van der Waals surface area contributed by atoms with Gasteiger partial charge < -0.3 is 5.32 Å². The van der Waals surface area contributed by atoms with Gasteiger partial charge in [0, 0.05) is 5.56 Å². The summed E-state index contributed by atoms with van der Waals surface area (Å²) in [5.74, 6) is 3.14. The summed E-state index contributed by atoms with van der Waals surface area (Å²) in [5, 5.41) is 3.38. The molecule has 0 aliphatic rings. The Balaban J connectivity index is 2.86. The number of aromatic nitrogens is 2. The van der Waals surface area contributed by atoms with Gasteiger partial charge in [-0.1, -0.05) is 17.5 Å². The van der Waals surface area contributed by atoms with Crippen LogP contribution < -0.4 is 5.32 Å². The first-order valence-electron chi connectivity index (χ1n) is 3.40. The average molecular weight is 182 g/mol. The van der Waals surface area contributed by atoms with Gasteiger partial charge in [0.1, 0.15) is 17.3 Å². The molecule has 1 rings (SSSR count). The molecule has 1 heterocycles. The molecule has 1 N–H and O–H groups in total. The number of halogens is 1. The van der Waals surface area contributed by atoms with Crippen molar-refractivity contribution in [3.8, 4) is 12.3 Å². The number of rotatable bonds is 2. The number of terminal acetylenes is 1. The van der Waals surface area contributed by atoms with E-state index in [-0.39, 0.29) is 0 Å². The monoisotopic (exact) mass is 181 g/mol. The number of nitrogens with zero attached hydrogens (tertiary/aromatic N) is 2. The van der Waals surface area contributed by atoms with Crippen molar-refractivity contribution < 1.29 is 0 Å². The summed E-state index contributed by atoms with van der Waals surface area (Å²) in [7, 11) is 0. The summed E-state index contributed by atoms with van der Waals surface area (Å²) >= 11 is 5.75. The van der Waals surface area contributed by atoms with E-state index in [2.05, 4.69) is 21.2 Å². The van der Waals surface area contributed by atoms with Crippen molar-refractivity contribution in [3.05, 3.63) is 17.0 Å². The highest BCUT2D eigenvalue weighted by atomic mass is 35.5. The van der Waals surface area contributed by atoms with E-state index >= 15 is 0 Å². The van der Waals surface area contributed by atoms with Crippen LogP contribution in [-0.2, 0) is 0 Å². The molecule has 0 radical (unpaired) electrons. The minimum absolute atomic E-state index is 0.439. The van der Waals surface area contributed by atoms with Crippen LogP contribution in [-0.4, -0.2) is 16.5 Å². The van der Waals surface area contributed by atoms with Crippen molar-refractivity contribution in [2.24, 2.45) is 0 Å². The van der Waals surface area contributed by atoms with Gasteiger partial charge in [-0.15, -0.1) is 6.42 Å². The van der Waals surface area contributed by atoms with Gasteiger partial charge in [0.2, 0.25) is 0 Å². The minimum atomic E-state index is 0.439. The van der Waals surface area contributed by atoms with E-state index in [1.165, 1.54) is 6.33 Å². The average Bonchev–Trinajstić information content (AvgIpc) is 2.08. The summed E-state index contributed by atoms with van der Waals surface area (Å²) < 4.78 is 0. The van der Waals surface area contributed by atoms with Crippen LogP contribution in [0.5, 0.6) is 0 Å². The van der Waals surface area contributed by atoms with Crippen molar-refractivity contribution >= 4 is 17.4 Å². The lowest BCUT2D eigenvalue weighted by Crippen LogP contribution is -2.03. The molecule has 62 valence electrons. The SMILES string of the molecule is C#CCNc1ncnc(Cl)c1C. The molecule has 0 aliphatic heterocycles. The number of hydrogen-bond donors (Lipinski definition) is 1. The first-order chi connectivity index (χ1) is 5.75. The molecule has 0 fully saturated rings. The molecule has 0 unspecified atom stereocenters. The maximum Gasteiger partial charge on any atom is 0.137 e. The van der Waals surface area contributed by atoms with Gasteiger partial charge in [0.05, 0.1) is 6.54 Å². The Morgan fingerprint density at radius 3 is 3.08 bits per heavy atom. The normalized spacial score (nSPS) is 9.08. The fourth-order valence-corrected chi connectivity index (χ4v) is 0.875. The Bertz CT molecular complexity index is 317. The Kier molecular flexibility index (Phi) is 2.89. The molecule has 0 aliphatic carbocycles. The third-order valence-corrected chi connectivity index (χ3v) is 1.76. The predicted octanol–water partition coefficient (Wildman–Crippen LogP) is 1.48. The molecule has 4 heteroatoms. The first-order valence-corrected chi connectivity index (χ1v) is 3.78. The highest BCUT2D eigenvalue weighted by Gasteiger charge is 2.02. The van der Waals surface area contributed by atoms with Crippen molar-refractivity contribution in [2.45, 2.75) is 6.92 Å². The summed E-state index contributed by atoms with van der Waals surface area (Å²) in [6, 6.07) is 0. The zero-order valence-corrected chi connectivity index (χ0v) is 7.39. The maximum absolute atomic E-state index is 5.75. The molecule has 0 bridgehead atoms. The molecule has 0 atom stereocenters. The lowest BCUT2D eigenvalue weighted by atomic mass is 10.3. The van der Waals surface area contributed by atoms with Crippen LogP contribution in [0.1, 0.15) is 5.56 Å². The van der Waals surface area contributed by atoms with Crippen LogP contribution in [0.25, 0.3) is 0 Å². The molecule has 0 saturated carbocycles. The molecule has 0 amide bonds. The molecule has 3 nitrogen and oxygen atoms in total. The molecular weight excluding hydrogens is 174 g/mol. The fourth-order valence-electron chi connectivity index (χ4n) is 0.742. The highest BCUT2D eigenvalue weighted by molar-refractivity contribution is 6.30. The number of nitrogens with one attached hydrogen (secondary N) is 1. The Morgan fingerprint density at radius 1 is 1.67 bits per heavy atom. The smallest absolute Gasteiger partial charge is 0.137 e. The van der Waals surface area contributed by atoms with Crippen LogP contribution in [0, 0.1) is 19.3 Å². The van der Waals surface area contributed by atoms with Crippen LogP contribution >= 0.6 is 11.6 Å². The molecule has 0 aromatic carbocycles. The maximum atomic E-state index is 5.75. The van der Waals surface area contributed by atoms with Crippen molar-refractivity contribution in [1.29, 1.82) is 0 Å². The van der Waals surface area contributed by atoms with E-state index in [1.807, 2.05) is 6.92 Å². The van der Waals surface area contributed by atoms with Crippen LogP contribution in [0.3, 0.4) is 0 Å². The zero-order chi connectivity index (χ0) is 8.97. The van der Waals surface area contributed by atoms with Gasteiger partial charge in [0.25, 0.3) is 0 Å². The van der Waals surface area contributed by atoms with E-state index in [4.69, 9.17) is 18.0 Å². The molecular formula is C8H8ClN3. The van der Waals surface area contributed by atoms with Gasteiger partial charge in [-0.2, -0.15) is 0 Å². The standard InChI is InChI=1S/C8H8ClN3/c1-3-4-10-8-6(2)7(9)11-5-12-8/h1,5H,4H2,2H3,(H,10,11,12). The third-order valence-electron chi connectivity index (χ3n) is 1.38. The van der Waals surface area contributed by atoms with E-state index in [0.29, 0.717) is 17.5 Å². The second-order valence-electron chi connectivity index (χ2n) is 2.20. The molecule has 1 aromatic rings. The van der Waals surface area contributed by atoms with Crippen molar-refractivity contribution in [3.63, 3.8) is 0 Å². The molecule has 12 heavy (non-hydrogen) atoms. The fraction of sp³-hybridized carbons (Fsp3) is 0.250. The van der Waals surface area contributed by atoms with Crippen LogP contribution in [0.2, 0.25) is 5.15 Å². The molecule has 0 spiro atoms. The van der Waals surface area contributed by atoms with Crippen LogP contribution in [0.15, 0.2) is 6.33 Å².